The first kappa shape index (κ1) is 12.8. The summed E-state index contributed by atoms with van der Waals surface area (Å²) in [6.45, 7) is 0. The molecule has 7 heteroatoms. The second-order valence-corrected chi connectivity index (χ2v) is 6.38. The first-order chi connectivity index (χ1) is 10.3. The number of hydrogen-bond acceptors (Lipinski definition) is 5. The molecule has 1 aromatic carbocycles. The van der Waals surface area contributed by atoms with Crippen LogP contribution in [0, 0.1) is 0 Å². The monoisotopic (exact) mass is 317 g/mol. The van der Waals surface area contributed by atoms with E-state index in [-0.39, 0.29) is 12.1 Å². The Morgan fingerprint density at radius 1 is 1.24 bits per heavy atom. The van der Waals surface area contributed by atoms with Crippen LogP contribution in [0.4, 0.5) is 5.95 Å². The fourth-order valence-electron chi connectivity index (χ4n) is 2.68. The van der Waals surface area contributed by atoms with E-state index in [9.17, 15) is 0 Å². The minimum Gasteiger partial charge on any atom is -0.345 e. The molecule has 0 radical (unpaired) electrons. The van der Waals surface area contributed by atoms with Crippen molar-refractivity contribution in [1.82, 2.24) is 20.2 Å². The molecule has 2 aromatic heterocycles. The van der Waals surface area contributed by atoms with Crippen LogP contribution in [0.25, 0.3) is 0 Å². The maximum atomic E-state index is 5.98. The van der Waals surface area contributed by atoms with Gasteiger partial charge < -0.3 is 5.32 Å². The second-order valence-electron chi connectivity index (χ2n) is 4.96. The Bertz CT molecular complexity index is 737. The zero-order valence-electron chi connectivity index (χ0n) is 11.0. The minimum atomic E-state index is 0.112. The molecule has 0 amide bonds. The number of aromatic nitrogens is 4. The van der Waals surface area contributed by atoms with E-state index in [1.807, 2.05) is 28.9 Å². The summed E-state index contributed by atoms with van der Waals surface area (Å²) < 4.78 is 1.84. The fraction of sp³-hybridized carbons (Fsp3) is 0.214. The summed E-state index contributed by atoms with van der Waals surface area (Å²) in [5.74, 6) is 0.708. The van der Waals surface area contributed by atoms with Gasteiger partial charge in [-0.25, -0.2) is 4.68 Å². The summed E-state index contributed by atoms with van der Waals surface area (Å²) in [4.78, 5) is 1.29. The van der Waals surface area contributed by atoms with Crippen LogP contribution in [0.15, 0.2) is 41.8 Å². The van der Waals surface area contributed by atoms with Gasteiger partial charge in [0, 0.05) is 9.90 Å². The summed E-state index contributed by atoms with van der Waals surface area (Å²) in [6, 6.07) is 12.4. The average molecular weight is 318 g/mol. The number of benzene rings is 1. The van der Waals surface area contributed by atoms with Gasteiger partial charge >= 0.3 is 0 Å². The molecule has 5 nitrogen and oxygen atoms in total. The summed E-state index contributed by atoms with van der Waals surface area (Å²) in [5.41, 5.74) is 1.16. The van der Waals surface area contributed by atoms with Crippen LogP contribution in [-0.4, -0.2) is 20.2 Å². The highest BCUT2D eigenvalue weighted by Gasteiger charge is 2.30. The Morgan fingerprint density at radius 2 is 2.10 bits per heavy atom. The molecule has 0 saturated heterocycles. The number of rotatable bonds is 2. The fourth-order valence-corrected chi connectivity index (χ4v) is 3.59. The van der Waals surface area contributed by atoms with Gasteiger partial charge in [-0.3, -0.25) is 0 Å². The predicted molar refractivity (Wildman–Crippen MR) is 82.7 cm³/mol. The average Bonchev–Trinajstić information content (AvgIpc) is 3.18. The zero-order chi connectivity index (χ0) is 14.2. The first-order valence-corrected chi connectivity index (χ1v) is 7.90. The van der Waals surface area contributed by atoms with E-state index in [1.54, 1.807) is 11.3 Å². The van der Waals surface area contributed by atoms with Crippen molar-refractivity contribution in [3.8, 4) is 0 Å². The van der Waals surface area contributed by atoms with Crippen LogP contribution in [0.2, 0.25) is 5.02 Å². The molecule has 1 aliphatic rings. The van der Waals surface area contributed by atoms with Gasteiger partial charge in [0.15, 0.2) is 0 Å². The molecule has 2 unspecified atom stereocenters. The third kappa shape index (κ3) is 2.30. The van der Waals surface area contributed by atoms with E-state index in [1.165, 1.54) is 4.88 Å². The van der Waals surface area contributed by atoms with Crippen molar-refractivity contribution >= 4 is 28.9 Å². The molecule has 0 saturated carbocycles. The Kier molecular flexibility index (Phi) is 3.12. The molecular formula is C14H12ClN5S. The van der Waals surface area contributed by atoms with Gasteiger partial charge in [-0.1, -0.05) is 34.9 Å². The standard InChI is InChI=1S/C14H12ClN5S/c15-10-5-3-9(4-6-10)12-8-11(13-2-1-7-21-13)16-14-17-18-19-20(12)14/h1-7,11-12H,8H2,(H,16,17,19). The van der Waals surface area contributed by atoms with E-state index in [0.29, 0.717) is 5.95 Å². The van der Waals surface area contributed by atoms with Crippen LogP contribution in [0.1, 0.15) is 28.9 Å². The molecule has 3 aromatic rings. The Morgan fingerprint density at radius 3 is 2.86 bits per heavy atom. The number of halogens is 1. The molecule has 1 aliphatic heterocycles. The lowest BCUT2D eigenvalue weighted by Crippen LogP contribution is -2.27. The summed E-state index contributed by atoms with van der Waals surface area (Å²) in [6.07, 6.45) is 0.903. The van der Waals surface area contributed by atoms with E-state index in [0.717, 1.165) is 17.0 Å². The molecular weight excluding hydrogens is 306 g/mol. The molecule has 0 fully saturated rings. The molecule has 21 heavy (non-hydrogen) atoms. The van der Waals surface area contributed by atoms with Crippen molar-refractivity contribution in [3.63, 3.8) is 0 Å². The largest absolute Gasteiger partial charge is 0.345 e. The molecule has 0 aliphatic carbocycles. The number of fused-ring (bicyclic) bond motifs is 1. The number of anilines is 1. The van der Waals surface area contributed by atoms with Crippen molar-refractivity contribution < 1.29 is 0 Å². The summed E-state index contributed by atoms with van der Waals surface area (Å²) >= 11 is 7.73. The minimum absolute atomic E-state index is 0.112. The molecule has 0 spiro atoms. The number of nitrogens with zero attached hydrogens (tertiary/aromatic N) is 4. The van der Waals surface area contributed by atoms with Crippen LogP contribution < -0.4 is 5.32 Å². The van der Waals surface area contributed by atoms with Gasteiger partial charge in [0.1, 0.15) is 0 Å². The first-order valence-electron chi connectivity index (χ1n) is 6.64. The highest BCUT2D eigenvalue weighted by atomic mass is 35.5. The quantitative estimate of drug-likeness (QED) is 0.785. The number of hydrogen-bond donors (Lipinski definition) is 1. The van der Waals surface area contributed by atoms with Gasteiger partial charge in [0.2, 0.25) is 5.95 Å². The summed E-state index contributed by atoms with van der Waals surface area (Å²) in [7, 11) is 0. The Hall–Kier alpha value is -1.92. The molecule has 4 rings (SSSR count). The number of nitrogens with one attached hydrogen (secondary N) is 1. The van der Waals surface area contributed by atoms with Crippen LogP contribution >= 0.6 is 22.9 Å². The third-order valence-electron chi connectivity index (χ3n) is 3.69. The van der Waals surface area contributed by atoms with Crippen molar-refractivity contribution in [3.05, 3.63) is 57.2 Å². The van der Waals surface area contributed by atoms with Crippen molar-refractivity contribution in [1.29, 1.82) is 0 Å². The lowest BCUT2D eigenvalue weighted by atomic mass is 9.97. The van der Waals surface area contributed by atoms with Crippen LogP contribution in [-0.2, 0) is 0 Å². The molecule has 3 heterocycles. The van der Waals surface area contributed by atoms with Crippen molar-refractivity contribution in [2.75, 3.05) is 5.32 Å². The topological polar surface area (TPSA) is 55.6 Å². The maximum Gasteiger partial charge on any atom is 0.244 e. The van der Waals surface area contributed by atoms with Crippen molar-refractivity contribution in [2.45, 2.75) is 18.5 Å². The van der Waals surface area contributed by atoms with Gasteiger partial charge in [-0.2, -0.15) is 0 Å². The maximum absolute atomic E-state index is 5.98. The van der Waals surface area contributed by atoms with Gasteiger partial charge in [-0.15, -0.1) is 11.3 Å². The normalized spacial score (nSPS) is 20.8. The molecule has 0 bridgehead atoms. The Balaban J connectivity index is 1.74. The van der Waals surface area contributed by atoms with Crippen LogP contribution in [0.5, 0.6) is 0 Å². The van der Waals surface area contributed by atoms with Crippen molar-refractivity contribution in [2.24, 2.45) is 0 Å². The van der Waals surface area contributed by atoms with Gasteiger partial charge in [0.25, 0.3) is 0 Å². The molecule has 2 atom stereocenters. The SMILES string of the molecule is Clc1ccc(C2CC(c3cccs3)Nc3nnnn32)cc1. The third-order valence-corrected chi connectivity index (χ3v) is 4.93. The summed E-state index contributed by atoms with van der Waals surface area (Å²) in [5, 5.41) is 18.2. The highest BCUT2D eigenvalue weighted by molar-refractivity contribution is 7.10. The molecule has 1 N–H and O–H groups in total. The lowest BCUT2D eigenvalue weighted by Gasteiger charge is -2.30. The van der Waals surface area contributed by atoms with Gasteiger partial charge in [-0.05, 0) is 46.0 Å². The molecule has 106 valence electrons. The van der Waals surface area contributed by atoms with E-state index >= 15 is 0 Å². The van der Waals surface area contributed by atoms with E-state index in [2.05, 4.69) is 38.4 Å². The van der Waals surface area contributed by atoms with E-state index in [4.69, 9.17) is 11.6 Å². The lowest BCUT2D eigenvalue weighted by molar-refractivity contribution is 0.426. The smallest absolute Gasteiger partial charge is 0.244 e. The highest BCUT2D eigenvalue weighted by Crippen LogP contribution is 2.38. The number of tetrazole rings is 1. The Labute approximate surface area is 130 Å². The van der Waals surface area contributed by atoms with Gasteiger partial charge in [0.05, 0.1) is 12.1 Å². The van der Waals surface area contributed by atoms with Crippen LogP contribution in [0.3, 0.4) is 0 Å². The van der Waals surface area contributed by atoms with E-state index < -0.39 is 0 Å². The number of thiophene rings is 1. The predicted octanol–water partition coefficient (Wildman–Crippen LogP) is 3.53. The second kappa shape index (κ2) is 5.13. The zero-order valence-corrected chi connectivity index (χ0v) is 12.6.